The highest BCUT2D eigenvalue weighted by Crippen LogP contribution is 2.21. The topological polar surface area (TPSA) is 35.5 Å². The van der Waals surface area contributed by atoms with Gasteiger partial charge in [0.05, 0.1) is 6.10 Å². The van der Waals surface area contributed by atoms with E-state index in [1.54, 1.807) is 19.1 Å². The molecule has 0 aliphatic rings. The number of nitrogens with one attached hydrogen (secondary N) is 1. The van der Waals surface area contributed by atoms with E-state index in [1.165, 1.54) is 6.07 Å². The molecule has 19 heavy (non-hydrogen) atoms. The van der Waals surface area contributed by atoms with Crippen LogP contribution in [0.5, 0.6) is 0 Å². The van der Waals surface area contributed by atoms with Crippen LogP contribution in [0.1, 0.15) is 26.3 Å². The van der Waals surface area contributed by atoms with Crippen molar-refractivity contribution in [2.45, 2.75) is 33.4 Å². The number of benzene rings is 1. The van der Waals surface area contributed by atoms with Gasteiger partial charge in [0.15, 0.2) is 0 Å². The fraction of sp³-hybridized carbons (Fsp3) is 0.600. The quantitative estimate of drug-likeness (QED) is 0.797. The van der Waals surface area contributed by atoms with Crippen LogP contribution in [-0.2, 0) is 6.54 Å². The number of hydrogen-bond acceptors (Lipinski definition) is 3. The number of halogens is 1. The predicted molar refractivity (Wildman–Crippen MR) is 77.9 cm³/mol. The number of aliphatic hydroxyl groups is 1. The van der Waals surface area contributed by atoms with Crippen LogP contribution in [0.2, 0.25) is 0 Å². The molecular weight excluding hydrogens is 243 g/mol. The largest absolute Gasteiger partial charge is 0.392 e. The highest BCUT2D eigenvalue weighted by molar-refractivity contribution is 5.53. The Hall–Kier alpha value is -1.13. The van der Waals surface area contributed by atoms with E-state index in [-0.39, 0.29) is 5.82 Å². The molecule has 0 saturated heterocycles. The lowest BCUT2D eigenvalue weighted by molar-refractivity contribution is 0.201. The van der Waals surface area contributed by atoms with E-state index in [0.717, 1.165) is 17.8 Å². The van der Waals surface area contributed by atoms with Crippen LogP contribution in [0.3, 0.4) is 0 Å². The maximum Gasteiger partial charge on any atom is 0.123 e. The van der Waals surface area contributed by atoms with E-state index in [2.05, 4.69) is 19.2 Å². The first-order chi connectivity index (χ1) is 8.90. The molecule has 1 atom stereocenters. The van der Waals surface area contributed by atoms with E-state index < -0.39 is 6.10 Å². The summed E-state index contributed by atoms with van der Waals surface area (Å²) in [6.07, 6.45) is -0.411. The van der Waals surface area contributed by atoms with Crippen LogP contribution < -0.4 is 10.2 Å². The third-order valence-corrected chi connectivity index (χ3v) is 2.86. The highest BCUT2D eigenvalue weighted by Gasteiger charge is 2.10. The van der Waals surface area contributed by atoms with Gasteiger partial charge in [-0.25, -0.2) is 4.39 Å². The molecule has 108 valence electrons. The molecule has 0 aliphatic heterocycles. The first-order valence-electron chi connectivity index (χ1n) is 6.78. The van der Waals surface area contributed by atoms with Gasteiger partial charge >= 0.3 is 0 Å². The average Bonchev–Trinajstić information content (AvgIpc) is 2.27. The molecule has 0 heterocycles. The van der Waals surface area contributed by atoms with E-state index in [9.17, 15) is 9.50 Å². The molecule has 1 unspecified atom stereocenters. The molecule has 1 aromatic carbocycles. The summed E-state index contributed by atoms with van der Waals surface area (Å²) in [5, 5.41) is 12.8. The summed E-state index contributed by atoms with van der Waals surface area (Å²) in [6, 6.07) is 4.78. The smallest absolute Gasteiger partial charge is 0.123 e. The van der Waals surface area contributed by atoms with Crippen molar-refractivity contribution < 1.29 is 9.50 Å². The minimum Gasteiger partial charge on any atom is -0.392 e. The monoisotopic (exact) mass is 268 g/mol. The van der Waals surface area contributed by atoms with E-state index >= 15 is 0 Å². The number of nitrogens with zero attached hydrogens (tertiary/aromatic N) is 1. The van der Waals surface area contributed by atoms with Crippen molar-refractivity contribution in [2.75, 3.05) is 25.0 Å². The third kappa shape index (κ3) is 5.57. The van der Waals surface area contributed by atoms with E-state index in [0.29, 0.717) is 19.0 Å². The van der Waals surface area contributed by atoms with E-state index in [1.807, 2.05) is 11.9 Å². The predicted octanol–water partition coefficient (Wildman–Crippen LogP) is 2.39. The maximum atomic E-state index is 13.4. The zero-order valence-corrected chi connectivity index (χ0v) is 12.3. The summed E-state index contributed by atoms with van der Waals surface area (Å²) in [5.74, 6) is 0.336. The summed E-state index contributed by atoms with van der Waals surface area (Å²) in [7, 11) is 1.91. The number of likely N-dealkylation sites (N-methyl/N-ethyl adjacent to an activating group) is 1. The normalized spacial score (nSPS) is 12.8. The lowest BCUT2D eigenvalue weighted by Crippen LogP contribution is -2.29. The van der Waals surface area contributed by atoms with Gasteiger partial charge in [-0.3, -0.25) is 0 Å². The minimum absolute atomic E-state index is 0.226. The Bertz CT molecular complexity index is 394. The Morgan fingerprint density at radius 3 is 2.58 bits per heavy atom. The van der Waals surface area contributed by atoms with Crippen LogP contribution in [0.4, 0.5) is 10.1 Å². The average molecular weight is 268 g/mol. The number of aliphatic hydroxyl groups excluding tert-OH is 1. The molecule has 0 bridgehead atoms. The van der Waals surface area contributed by atoms with Gasteiger partial charge in [-0.1, -0.05) is 13.8 Å². The number of rotatable bonds is 7. The van der Waals surface area contributed by atoms with Crippen LogP contribution in [-0.4, -0.2) is 31.3 Å². The molecule has 2 N–H and O–H groups in total. The molecule has 0 saturated carbocycles. The van der Waals surface area contributed by atoms with Gasteiger partial charge in [0.25, 0.3) is 0 Å². The molecule has 0 radical (unpaired) electrons. The van der Waals surface area contributed by atoms with Crippen molar-refractivity contribution in [1.29, 1.82) is 0 Å². The summed E-state index contributed by atoms with van der Waals surface area (Å²) in [4.78, 5) is 1.95. The summed E-state index contributed by atoms with van der Waals surface area (Å²) in [5.41, 5.74) is 1.88. The summed E-state index contributed by atoms with van der Waals surface area (Å²) in [6.45, 7) is 8.09. The zero-order chi connectivity index (χ0) is 14.4. The Labute approximate surface area is 115 Å². The molecule has 3 nitrogen and oxygen atoms in total. The molecule has 1 rings (SSSR count). The van der Waals surface area contributed by atoms with Crippen LogP contribution in [0, 0.1) is 11.7 Å². The van der Waals surface area contributed by atoms with Gasteiger partial charge in [0.2, 0.25) is 0 Å². The number of hydrogen-bond donors (Lipinski definition) is 2. The fourth-order valence-corrected chi connectivity index (χ4v) is 2.06. The van der Waals surface area contributed by atoms with Crippen molar-refractivity contribution >= 4 is 5.69 Å². The lowest BCUT2D eigenvalue weighted by atomic mass is 10.1. The van der Waals surface area contributed by atoms with Gasteiger partial charge < -0.3 is 15.3 Å². The van der Waals surface area contributed by atoms with Crippen LogP contribution in [0.15, 0.2) is 18.2 Å². The van der Waals surface area contributed by atoms with Crippen molar-refractivity contribution in [2.24, 2.45) is 5.92 Å². The molecule has 1 aromatic rings. The molecule has 0 amide bonds. The van der Waals surface area contributed by atoms with E-state index in [4.69, 9.17) is 0 Å². The first kappa shape index (κ1) is 15.9. The second-order valence-corrected chi connectivity index (χ2v) is 5.53. The van der Waals surface area contributed by atoms with Gasteiger partial charge in [-0.05, 0) is 43.1 Å². The Morgan fingerprint density at radius 2 is 2.00 bits per heavy atom. The Morgan fingerprint density at radius 1 is 1.32 bits per heavy atom. The lowest BCUT2D eigenvalue weighted by Gasteiger charge is -2.24. The minimum atomic E-state index is -0.411. The zero-order valence-electron chi connectivity index (χ0n) is 12.3. The van der Waals surface area contributed by atoms with Crippen LogP contribution in [0.25, 0.3) is 0 Å². The summed E-state index contributed by atoms with van der Waals surface area (Å²) < 4.78 is 13.4. The van der Waals surface area contributed by atoms with Crippen molar-refractivity contribution in [3.8, 4) is 0 Å². The van der Waals surface area contributed by atoms with Crippen molar-refractivity contribution in [3.05, 3.63) is 29.6 Å². The van der Waals surface area contributed by atoms with Gasteiger partial charge in [-0.2, -0.15) is 0 Å². The second-order valence-electron chi connectivity index (χ2n) is 5.53. The fourth-order valence-electron chi connectivity index (χ4n) is 2.06. The Kier molecular flexibility index (Phi) is 6.25. The van der Waals surface area contributed by atoms with Crippen molar-refractivity contribution in [1.82, 2.24) is 5.32 Å². The molecule has 0 aliphatic carbocycles. The van der Waals surface area contributed by atoms with Crippen LogP contribution >= 0.6 is 0 Å². The molecular formula is C15H25FN2O. The molecule has 0 fully saturated rings. The highest BCUT2D eigenvalue weighted by atomic mass is 19.1. The van der Waals surface area contributed by atoms with Gasteiger partial charge in [0.1, 0.15) is 5.82 Å². The first-order valence-corrected chi connectivity index (χ1v) is 6.78. The SMILES string of the molecule is CC(C)CNCc1cc(F)ccc1N(C)CC(C)O. The van der Waals surface area contributed by atoms with Gasteiger partial charge in [0, 0.05) is 25.8 Å². The Balaban J connectivity index is 2.79. The van der Waals surface area contributed by atoms with Gasteiger partial charge in [-0.15, -0.1) is 0 Å². The molecule has 0 spiro atoms. The maximum absolute atomic E-state index is 13.4. The molecule has 4 heteroatoms. The molecule has 0 aromatic heterocycles. The summed E-state index contributed by atoms with van der Waals surface area (Å²) >= 11 is 0. The number of anilines is 1. The second kappa shape index (κ2) is 7.46. The standard InChI is InChI=1S/C15H25FN2O/c1-11(2)8-17-9-13-7-14(16)5-6-15(13)18(4)10-12(3)19/h5-7,11-12,17,19H,8-10H2,1-4H3. The van der Waals surface area contributed by atoms with Crippen molar-refractivity contribution in [3.63, 3.8) is 0 Å². The third-order valence-electron chi connectivity index (χ3n) is 2.86.